The van der Waals surface area contributed by atoms with Gasteiger partial charge in [0.15, 0.2) is 0 Å². The minimum Gasteiger partial charge on any atom is -0.319 e. The predicted molar refractivity (Wildman–Crippen MR) is 75.8 cm³/mol. The molecular formula is C14H16N6. The van der Waals surface area contributed by atoms with Gasteiger partial charge in [-0.2, -0.15) is 0 Å². The Labute approximate surface area is 116 Å². The first-order valence-electron chi connectivity index (χ1n) is 6.52. The number of hydrogen-bond donors (Lipinski definition) is 1. The van der Waals surface area contributed by atoms with Crippen LogP contribution in [0, 0.1) is 0 Å². The highest BCUT2D eigenvalue weighted by Crippen LogP contribution is 2.11. The number of benzene rings is 1. The van der Waals surface area contributed by atoms with E-state index in [1.807, 2.05) is 35.9 Å². The highest BCUT2D eigenvalue weighted by atomic mass is 15.3. The molecular weight excluding hydrogens is 252 g/mol. The summed E-state index contributed by atoms with van der Waals surface area (Å²) in [6.07, 6.45) is 3.50. The minimum atomic E-state index is 0.107. The van der Waals surface area contributed by atoms with Gasteiger partial charge >= 0.3 is 0 Å². The first-order valence-corrected chi connectivity index (χ1v) is 6.52. The molecule has 0 bridgehead atoms. The number of aryl methyl sites for hydroxylation is 1. The Balaban J connectivity index is 1.72. The molecule has 0 spiro atoms. The SMILES string of the molecule is CC(NCc1cnc2ccccc2n1)c1nncn1C. The highest BCUT2D eigenvalue weighted by Gasteiger charge is 2.11. The molecule has 1 N–H and O–H groups in total. The summed E-state index contributed by atoms with van der Waals surface area (Å²) in [7, 11) is 1.93. The fourth-order valence-corrected chi connectivity index (χ4v) is 2.11. The summed E-state index contributed by atoms with van der Waals surface area (Å²) in [5.41, 5.74) is 2.74. The van der Waals surface area contributed by atoms with Crippen molar-refractivity contribution in [3.63, 3.8) is 0 Å². The zero-order valence-corrected chi connectivity index (χ0v) is 11.5. The maximum Gasteiger partial charge on any atom is 0.149 e. The molecule has 20 heavy (non-hydrogen) atoms. The average molecular weight is 268 g/mol. The third kappa shape index (κ3) is 2.50. The van der Waals surface area contributed by atoms with Crippen LogP contribution in [0.2, 0.25) is 0 Å². The molecule has 0 radical (unpaired) electrons. The van der Waals surface area contributed by atoms with Gasteiger partial charge in [0, 0.05) is 13.6 Å². The van der Waals surface area contributed by atoms with E-state index in [1.54, 1.807) is 12.5 Å². The van der Waals surface area contributed by atoms with E-state index in [9.17, 15) is 0 Å². The van der Waals surface area contributed by atoms with Gasteiger partial charge in [-0.3, -0.25) is 4.98 Å². The van der Waals surface area contributed by atoms with Gasteiger partial charge in [0.25, 0.3) is 0 Å². The second-order valence-corrected chi connectivity index (χ2v) is 4.75. The Morgan fingerprint density at radius 3 is 2.80 bits per heavy atom. The van der Waals surface area contributed by atoms with Crippen molar-refractivity contribution >= 4 is 11.0 Å². The van der Waals surface area contributed by atoms with Crippen molar-refractivity contribution < 1.29 is 0 Å². The van der Waals surface area contributed by atoms with E-state index in [1.165, 1.54) is 0 Å². The van der Waals surface area contributed by atoms with Gasteiger partial charge in [-0.25, -0.2) is 4.98 Å². The number of fused-ring (bicyclic) bond motifs is 1. The Hall–Kier alpha value is -2.34. The number of nitrogens with zero attached hydrogens (tertiary/aromatic N) is 5. The molecule has 0 aliphatic heterocycles. The molecule has 3 rings (SSSR count). The lowest BCUT2D eigenvalue weighted by atomic mass is 10.2. The van der Waals surface area contributed by atoms with Gasteiger partial charge in [-0.1, -0.05) is 12.1 Å². The van der Waals surface area contributed by atoms with Crippen molar-refractivity contribution in [2.75, 3.05) is 0 Å². The number of aromatic nitrogens is 5. The maximum atomic E-state index is 4.58. The van der Waals surface area contributed by atoms with E-state index in [2.05, 4.69) is 32.4 Å². The molecule has 0 fully saturated rings. The van der Waals surface area contributed by atoms with Gasteiger partial charge in [0.2, 0.25) is 0 Å². The van der Waals surface area contributed by atoms with Crippen molar-refractivity contribution in [1.29, 1.82) is 0 Å². The number of rotatable bonds is 4. The fourth-order valence-electron chi connectivity index (χ4n) is 2.11. The van der Waals surface area contributed by atoms with E-state index < -0.39 is 0 Å². The summed E-state index contributed by atoms with van der Waals surface area (Å²) in [5.74, 6) is 0.902. The first kappa shape index (κ1) is 12.7. The molecule has 2 aromatic heterocycles. The number of nitrogens with one attached hydrogen (secondary N) is 1. The molecule has 6 nitrogen and oxygen atoms in total. The van der Waals surface area contributed by atoms with Crippen LogP contribution in [-0.4, -0.2) is 24.7 Å². The summed E-state index contributed by atoms with van der Waals surface area (Å²) >= 11 is 0. The van der Waals surface area contributed by atoms with Crippen LogP contribution < -0.4 is 5.32 Å². The molecule has 1 aromatic carbocycles. The van der Waals surface area contributed by atoms with Gasteiger partial charge in [-0.15, -0.1) is 10.2 Å². The van der Waals surface area contributed by atoms with Crippen molar-refractivity contribution in [3.8, 4) is 0 Å². The van der Waals surface area contributed by atoms with Crippen LogP contribution in [0.3, 0.4) is 0 Å². The van der Waals surface area contributed by atoms with Crippen molar-refractivity contribution in [3.05, 3.63) is 48.3 Å². The molecule has 2 heterocycles. The van der Waals surface area contributed by atoms with Crippen LogP contribution in [0.4, 0.5) is 0 Å². The molecule has 0 saturated heterocycles. The second kappa shape index (κ2) is 5.34. The summed E-state index contributed by atoms with van der Waals surface area (Å²) in [4.78, 5) is 8.99. The molecule has 0 aliphatic rings. The van der Waals surface area contributed by atoms with Gasteiger partial charge in [0.05, 0.1) is 29.0 Å². The standard InChI is InChI=1S/C14H16N6/c1-10(14-19-17-9-20(14)2)15-7-11-8-16-12-5-3-4-6-13(12)18-11/h3-6,8-10,15H,7H2,1-2H3. The highest BCUT2D eigenvalue weighted by molar-refractivity contribution is 5.73. The second-order valence-electron chi connectivity index (χ2n) is 4.75. The number of para-hydroxylation sites is 2. The lowest BCUT2D eigenvalue weighted by molar-refractivity contribution is 0.523. The van der Waals surface area contributed by atoms with Gasteiger partial charge < -0.3 is 9.88 Å². The molecule has 6 heteroatoms. The molecule has 1 unspecified atom stereocenters. The quantitative estimate of drug-likeness (QED) is 0.778. The van der Waals surface area contributed by atoms with Crippen molar-refractivity contribution in [1.82, 2.24) is 30.0 Å². The molecule has 0 aliphatic carbocycles. The predicted octanol–water partition coefficient (Wildman–Crippen LogP) is 1.61. The van der Waals surface area contributed by atoms with Crippen LogP contribution in [0.15, 0.2) is 36.8 Å². The van der Waals surface area contributed by atoms with E-state index in [4.69, 9.17) is 0 Å². The molecule has 1 atom stereocenters. The Kier molecular flexibility index (Phi) is 3.39. The third-order valence-corrected chi connectivity index (χ3v) is 3.22. The lowest BCUT2D eigenvalue weighted by Gasteiger charge is -2.12. The first-order chi connectivity index (χ1) is 9.74. The topological polar surface area (TPSA) is 68.5 Å². The minimum absolute atomic E-state index is 0.107. The Morgan fingerprint density at radius 2 is 2.05 bits per heavy atom. The summed E-state index contributed by atoms with van der Waals surface area (Å²) in [6.45, 7) is 2.70. The monoisotopic (exact) mass is 268 g/mol. The van der Waals surface area contributed by atoms with E-state index in [0.717, 1.165) is 22.6 Å². The van der Waals surface area contributed by atoms with Crippen LogP contribution in [0.25, 0.3) is 11.0 Å². The maximum absolute atomic E-state index is 4.58. The third-order valence-electron chi connectivity index (χ3n) is 3.22. The van der Waals surface area contributed by atoms with Gasteiger partial charge in [-0.05, 0) is 19.1 Å². The molecule has 102 valence electrons. The van der Waals surface area contributed by atoms with Crippen LogP contribution in [0.5, 0.6) is 0 Å². The van der Waals surface area contributed by atoms with E-state index in [0.29, 0.717) is 6.54 Å². The lowest BCUT2D eigenvalue weighted by Crippen LogP contribution is -2.21. The molecule has 3 aromatic rings. The Morgan fingerprint density at radius 1 is 1.25 bits per heavy atom. The average Bonchev–Trinajstić information content (AvgIpc) is 2.91. The normalized spacial score (nSPS) is 12.7. The fraction of sp³-hybridized carbons (Fsp3) is 0.286. The Bertz CT molecular complexity index is 720. The summed E-state index contributed by atoms with van der Waals surface area (Å²) < 4.78 is 1.91. The van der Waals surface area contributed by atoms with Crippen LogP contribution in [-0.2, 0) is 13.6 Å². The largest absolute Gasteiger partial charge is 0.319 e. The van der Waals surface area contributed by atoms with Crippen LogP contribution in [0.1, 0.15) is 24.5 Å². The van der Waals surface area contributed by atoms with Crippen LogP contribution >= 0.6 is 0 Å². The summed E-state index contributed by atoms with van der Waals surface area (Å²) in [5, 5.41) is 11.4. The van der Waals surface area contributed by atoms with Crippen molar-refractivity contribution in [2.24, 2.45) is 7.05 Å². The van der Waals surface area contributed by atoms with Gasteiger partial charge in [0.1, 0.15) is 12.2 Å². The summed E-state index contributed by atoms with van der Waals surface area (Å²) in [6, 6.07) is 7.97. The zero-order chi connectivity index (χ0) is 13.9. The number of hydrogen-bond acceptors (Lipinski definition) is 5. The van der Waals surface area contributed by atoms with E-state index >= 15 is 0 Å². The molecule has 0 amide bonds. The molecule has 0 saturated carbocycles. The van der Waals surface area contributed by atoms with Crippen molar-refractivity contribution in [2.45, 2.75) is 19.5 Å². The zero-order valence-electron chi connectivity index (χ0n) is 11.5. The van der Waals surface area contributed by atoms with E-state index in [-0.39, 0.29) is 6.04 Å². The smallest absolute Gasteiger partial charge is 0.149 e.